The van der Waals surface area contributed by atoms with Crippen LogP contribution >= 0.6 is 0 Å². The number of hydrogen-bond donors (Lipinski definition) is 2. The second-order valence-corrected chi connectivity index (χ2v) is 8.53. The van der Waals surface area contributed by atoms with Crippen molar-refractivity contribution in [3.8, 4) is 0 Å². The largest absolute Gasteiger partial charge is 0.445 e. The van der Waals surface area contributed by atoms with Gasteiger partial charge in [0.25, 0.3) is 5.91 Å². The third kappa shape index (κ3) is 9.31. The summed E-state index contributed by atoms with van der Waals surface area (Å²) in [4.78, 5) is 26.0. The monoisotopic (exact) mass is 405 g/mol. The number of primary amides is 1. The van der Waals surface area contributed by atoms with E-state index in [9.17, 15) is 9.59 Å². The number of rotatable bonds is 12. The molecule has 2 amide bonds. The summed E-state index contributed by atoms with van der Waals surface area (Å²) in [6.45, 7) is 14.8. The van der Waals surface area contributed by atoms with Crippen LogP contribution in [0.3, 0.4) is 0 Å². The number of ether oxygens (including phenoxy) is 1. The van der Waals surface area contributed by atoms with Crippen molar-refractivity contribution in [1.29, 1.82) is 0 Å². The number of amides is 2. The lowest BCUT2D eigenvalue weighted by Gasteiger charge is -2.23. The Balaban J connectivity index is 2.62. The van der Waals surface area contributed by atoms with E-state index in [1.54, 1.807) is 6.07 Å². The summed E-state index contributed by atoms with van der Waals surface area (Å²) in [5, 5.41) is 3.02. The van der Waals surface area contributed by atoms with Gasteiger partial charge in [-0.2, -0.15) is 0 Å². The fraction of sp³-hybridized carbons (Fsp3) is 0.652. The number of carbonyl (C=O) groups excluding carboxylic acids is 2. The molecule has 0 aliphatic rings. The van der Waals surface area contributed by atoms with Gasteiger partial charge in [-0.1, -0.05) is 40.7 Å². The standard InChI is InChI=1S/C23H39N3O3/c1-6-13-26(14-7-2)15-9-8-12-25-21(27)18-10-11-19(17-29-22(24)28)20(16-18)23(3,4)5/h10-11,16H,6-9,12-15,17H2,1-5H3,(H2,24,28)(H,25,27). The van der Waals surface area contributed by atoms with E-state index in [4.69, 9.17) is 10.5 Å². The molecule has 0 fully saturated rings. The Bertz CT molecular complexity index is 647. The van der Waals surface area contributed by atoms with E-state index in [0.717, 1.165) is 43.6 Å². The van der Waals surface area contributed by atoms with E-state index in [2.05, 4.69) is 44.8 Å². The molecular weight excluding hydrogens is 366 g/mol. The van der Waals surface area contributed by atoms with Crippen LogP contribution in [0.15, 0.2) is 18.2 Å². The molecule has 0 bridgehead atoms. The van der Waals surface area contributed by atoms with E-state index in [-0.39, 0.29) is 17.9 Å². The minimum absolute atomic E-state index is 0.0724. The second kappa shape index (κ2) is 12.5. The first-order valence-corrected chi connectivity index (χ1v) is 10.7. The second-order valence-electron chi connectivity index (χ2n) is 8.53. The summed E-state index contributed by atoms with van der Waals surface area (Å²) in [6.07, 6.45) is 3.59. The highest BCUT2D eigenvalue weighted by Gasteiger charge is 2.20. The van der Waals surface area contributed by atoms with Crippen molar-refractivity contribution in [3.63, 3.8) is 0 Å². The van der Waals surface area contributed by atoms with Crippen LogP contribution in [0.25, 0.3) is 0 Å². The van der Waals surface area contributed by atoms with E-state index in [1.807, 2.05) is 12.1 Å². The molecule has 3 N–H and O–H groups in total. The Morgan fingerprint density at radius 1 is 1.07 bits per heavy atom. The molecule has 0 saturated heterocycles. The highest BCUT2D eigenvalue weighted by molar-refractivity contribution is 5.94. The Kier molecular flexibility index (Phi) is 10.7. The average Bonchev–Trinajstić information content (AvgIpc) is 2.65. The van der Waals surface area contributed by atoms with Crippen molar-refractivity contribution in [1.82, 2.24) is 10.2 Å². The lowest BCUT2D eigenvalue weighted by atomic mass is 9.83. The highest BCUT2D eigenvalue weighted by atomic mass is 16.5. The van der Waals surface area contributed by atoms with Crippen molar-refractivity contribution in [2.24, 2.45) is 5.73 Å². The summed E-state index contributed by atoms with van der Waals surface area (Å²) in [5.74, 6) is -0.0724. The van der Waals surface area contributed by atoms with Gasteiger partial charge in [0.15, 0.2) is 0 Å². The van der Waals surface area contributed by atoms with Crippen molar-refractivity contribution in [2.75, 3.05) is 26.2 Å². The molecule has 1 aromatic rings. The minimum atomic E-state index is -0.803. The van der Waals surface area contributed by atoms with Gasteiger partial charge in [-0.3, -0.25) is 4.79 Å². The molecule has 0 spiro atoms. The van der Waals surface area contributed by atoms with Crippen molar-refractivity contribution in [2.45, 2.75) is 72.3 Å². The highest BCUT2D eigenvalue weighted by Crippen LogP contribution is 2.27. The molecule has 0 radical (unpaired) electrons. The zero-order valence-electron chi connectivity index (χ0n) is 18.8. The molecule has 0 aliphatic carbocycles. The predicted molar refractivity (Wildman–Crippen MR) is 118 cm³/mol. The smallest absolute Gasteiger partial charge is 0.404 e. The zero-order chi connectivity index (χ0) is 21.9. The maximum atomic E-state index is 12.6. The Morgan fingerprint density at radius 3 is 2.28 bits per heavy atom. The molecular formula is C23H39N3O3. The number of unbranched alkanes of at least 4 members (excludes halogenated alkanes) is 1. The maximum Gasteiger partial charge on any atom is 0.404 e. The maximum absolute atomic E-state index is 12.6. The summed E-state index contributed by atoms with van der Waals surface area (Å²) in [5.41, 5.74) is 7.35. The fourth-order valence-corrected chi connectivity index (χ4v) is 3.42. The molecule has 164 valence electrons. The number of benzene rings is 1. The lowest BCUT2D eigenvalue weighted by molar-refractivity contribution is 0.0952. The summed E-state index contributed by atoms with van der Waals surface area (Å²) in [7, 11) is 0. The minimum Gasteiger partial charge on any atom is -0.445 e. The topological polar surface area (TPSA) is 84.7 Å². The van der Waals surface area contributed by atoms with E-state index in [0.29, 0.717) is 12.1 Å². The number of hydrogen-bond acceptors (Lipinski definition) is 4. The van der Waals surface area contributed by atoms with Gasteiger partial charge < -0.3 is 20.7 Å². The normalized spacial score (nSPS) is 11.5. The molecule has 0 aliphatic heterocycles. The first-order valence-electron chi connectivity index (χ1n) is 10.7. The molecule has 0 atom stereocenters. The van der Waals surface area contributed by atoms with Crippen LogP contribution in [0.1, 0.15) is 81.8 Å². The molecule has 0 heterocycles. The van der Waals surface area contributed by atoms with Crippen LogP contribution in [0.2, 0.25) is 0 Å². The summed E-state index contributed by atoms with van der Waals surface area (Å²) < 4.78 is 4.94. The molecule has 29 heavy (non-hydrogen) atoms. The first kappa shape index (κ1) is 25.0. The quantitative estimate of drug-likeness (QED) is 0.510. The Hall–Kier alpha value is -2.08. The van der Waals surface area contributed by atoms with Crippen molar-refractivity contribution < 1.29 is 14.3 Å². The number of nitrogens with one attached hydrogen (secondary N) is 1. The van der Waals surface area contributed by atoms with Gasteiger partial charge in [-0.15, -0.1) is 0 Å². The van der Waals surface area contributed by atoms with Gasteiger partial charge in [0.2, 0.25) is 0 Å². The summed E-state index contributed by atoms with van der Waals surface area (Å²) >= 11 is 0. The van der Waals surface area contributed by atoms with Crippen LogP contribution in [-0.2, 0) is 16.8 Å². The molecule has 6 heteroatoms. The molecule has 6 nitrogen and oxygen atoms in total. The van der Waals surface area contributed by atoms with Crippen LogP contribution in [0, 0.1) is 0 Å². The average molecular weight is 406 g/mol. The molecule has 1 rings (SSSR count). The SMILES string of the molecule is CCCN(CCC)CCCCNC(=O)c1ccc(COC(N)=O)c(C(C)(C)C)c1. The van der Waals surface area contributed by atoms with Crippen LogP contribution < -0.4 is 11.1 Å². The van der Waals surface area contributed by atoms with Crippen molar-refractivity contribution >= 4 is 12.0 Å². The van der Waals surface area contributed by atoms with E-state index >= 15 is 0 Å². The first-order chi connectivity index (χ1) is 13.7. The van der Waals surface area contributed by atoms with Gasteiger partial charge in [0.05, 0.1) is 0 Å². The number of carbonyl (C=O) groups is 2. The molecule has 0 saturated carbocycles. The Morgan fingerprint density at radius 2 is 1.72 bits per heavy atom. The number of nitrogens with zero attached hydrogens (tertiary/aromatic N) is 1. The lowest BCUT2D eigenvalue weighted by Crippen LogP contribution is -2.29. The Labute approximate surface area is 176 Å². The van der Waals surface area contributed by atoms with E-state index in [1.165, 1.54) is 12.8 Å². The van der Waals surface area contributed by atoms with Crippen molar-refractivity contribution in [3.05, 3.63) is 34.9 Å². The molecule has 0 aromatic heterocycles. The van der Waals surface area contributed by atoms with Crippen LogP contribution in [0.5, 0.6) is 0 Å². The predicted octanol–water partition coefficient (Wildman–Crippen LogP) is 4.21. The van der Waals surface area contributed by atoms with Gasteiger partial charge in [0.1, 0.15) is 6.61 Å². The zero-order valence-corrected chi connectivity index (χ0v) is 18.8. The fourth-order valence-electron chi connectivity index (χ4n) is 3.42. The third-order valence-electron chi connectivity index (χ3n) is 4.82. The van der Waals surface area contributed by atoms with Gasteiger partial charge in [0, 0.05) is 12.1 Å². The van der Waals surface area contributed by atoms with E-state index < -0.39 is 6.09 Å². The molecule has 0 unspecified atom stereocenters. The molecule has 1 aromatic carbocycles. The van der Waals surface area contributed by atoms with Crippen LogP contribution in [-0.4, -0.2) is 43.1 Å². The van der Waals surface area contributed by atoms with Gasteiger partial charge in [-0.05, 0) is 74.0 Å². The van der Waals surface area contributed by atoms with Crippen LogP contribution in [0.4, 0.5) is 4.79 Å². The van der Waals surface area contributed by atoms with Gasteiger partial charge in [-0.25, -0.2) is 4.79 Å². The van der Waals surface area contributed by atoms with Gasteiger partial charge >= 0.3 is 6.09 Å². The third-order valence-corrected chi connectivity index (χ3v) is 4.82. The summed E-state index contributed by atoms with van der Waals surface area (Å²) in [6, 6.07) is 5.50. The number of nitrogens with two attached hydrogens (primary N) is 1.